The molecule has 3 heteroatoms. The van der Waals surface area contributed by atoms with E-state index in [1.807, 2.05) is 0 Å². The molecular weight excluding hydrogens is 282 g/mol. The Morgan fingerprint density at radius 2 is 1.04 bits per heavy atom. The van der Waals surface area contributed by atoms with Crippen LogP contribution in [0.3, 0.4) is 0 Å². The van der Waals surface area contributed by atoms with E-state index in [0.29, 0.717) is 0 Å². The van der Waals surface area contributed by atoms with Crippen LogP contribution in [0.15, 0.2) is 72.8 Å². The van der Waals surface area contributed by atoms with Crippen LogP contribution >= 0.6 is 0 Å². The van der Waals surface area contributed by atoms with E-state index < -0.39 is 8.07 Å². The van der Waals surface area contributed by atoms with Gasteiger partial charge in [-0.25, -0.2) is 0 Å². The summed E-state index contributed by atoms with van der Waals surface area (Å²) >= 11 is 0. The van der Waals surface area contributed by atoms with Gasteiger partial charge in [0.1, 0.15) is 0 Å². The number of benzene rings is 2. The van der Waals surface area contributed by atoms with Gasteiger partial charge in [0.05, 0.1) is 8.07 Å². The smallest absolute Gasteiger partial charge is 0.168 e. The van der Waals surface area contributed by atoms with E-state index in [1.165, 1.54) is 31.9 Å². The Kier molecular flexibility index (Phi) is 5.52. The summed E-state index contributed by atoms with van der Waals surface area (Å²) in [6.45, 7) is 4.91. The van der Waals surface area contributed by atoms with E-state index >= 15 is 0 Å². The first-order valence-electron chi connectivity index (χ1n) is 7.46. The molecule has 0 amide bonds. The molecule has 0 aromatic heterocycles. The average Bonchev–Trinajstić information content (AvgIpc) is 3.11. The van der Waals surface area contributed by atoms with Crippen LogP contribution in [0.2, 0.25) is 13.1 Å². The van der Waals surface area contributed by atoms with Crippen LogP contribution in [0, 0.1) is 0 Å². The maximum Gasteiger partial charge on any atom is 1.00 e. The second kappa shape index (κ2) is 6.90. The minimum Gasteiger partial charge on any atom is -0.168 e. The summed E-state index contributed by atoms with van der Waals surface area (Å²) in [6, 6.07) is 26.9. The van der Waals surface area contributed by atoms with Gasteiger partial charge < -0.3 is 0 Å². The van der Waals surface area contributed by atoms with E-state index in [1.54, 1.807) is 0 Å². The summed E-state index contributed by atoms with van der Waals surface area (Å²) in [5.74, 6) is 0. The summed E-state index contributed by atoms with van der Waals surface area (Å²) in [6.07, 6.45) is 0. The molecule has 0 nitrogen and oxygen atoms in total. The van der Waals surface area contributed by atoms with Crippen LogP contribution in [0.25, 0.3) is 21.5 Å². The molecule has 0 bridgehead atoms. The molecule has 104 valence electrons. The third kappa shape index (κ3) is 3.18. The second-order valence-electron chi connectivity index (χ2n) is 6.37. The normalized spacial score (nSPS) is 11.2. The Balaban J connectivity index is 0.000000960. The van der Waals surface area contributed by atoms with Crippen molar-refractivity contribution in [3.8, 4) is 0 Å². The Bertz CT molecular complexity index is 789. The zero-order valence-electron chi connectivity index (χ0n) is 14.4. The molecule has 0 N–H and O–H groups in total. The zero-order valence-corrected chi connectivity index (χ0v) is 15.4. The Morgan fingerprint density at radius 1 is 0.652 bits per heavy atom. The summed E-state index contributed by atoms with van der Waals surface area (Å²) in [5, 5.41) is 8.51. The largest absolute Gasteiger partial charge is 1.00 e. The van der Waals surface area contributed by atoms with Crippen LogP contribution in [0.5, 0.6) is 0 Å². The van der Waals surface area contributed by atoms with Gasteiger partial charge in [0.25, 0.3) is 0 Å². The minimum atomic E-state index is -1.62. The van der Waals surface area contributed by atoms with Gasteiger partial charge in [-0.1, -0.05) is 25.2 Å². The second-order valence-corrected chi connectivity index (χ2v) is 10.8. The molecule has 0 radical (unpaired) electrons. The number of hydrogen-bond donors (Lipinski definition) is 0. The van der Waals surface area contributed by atoms with Crippen molar-refractivity contribution in [2.75, 3.05) is 0 Å². The third-order valence-corrected chi connectivity index (χ3v) is 8.14. The first-order valence-corrected chi connectivity index (χ1v) is 10.5. The van der Waals surface area contributed by atoms with E-state index in [4.69, 9.17) is 0 Å². The molecule has 0 unspecified atom stereocenters. The van der Waals surface area contributed by atoms with Crippen molar-refractivity contribution in [2.24, 2.45) is 0 Å². The van der Waals surface area contributed by atoms with Gasteiger partial charge in [-0.2, -0.15) is 22.9 Å². The predicted octanol–water partition coefficient (Wildman–Crippen LogP) is -1.74. The van der Waals surface area contributed by atoms with Gasteiger partial charge in [-0.05, 0) is 0 Å². The van der Waals surface area contributed by atoms with Crippen molar-refractivity contribution >= 4 is 40.0 Å². The molecule has 0 saturated carbocycles. The molecule has 4 aromatic carbocycles. The first-order chi connectivity index (χ1) is 10.1. The number of rotatable bonds is 2. The summed E-state index contributed by atoms with van der Waals surface area (Å²) in [4.78, 5) is 0. The van der Waals surface area contributed by atoms with Gasteiger partial charge >= 0.3 is 37.7 Å². The van der Waals surface area contributed by atoms with Gasteiger partial charge in [-0.3, -0.25) is 0 Å². The number of fused-ring (bicyclic) bond motifs is 2. The maximum atomic E-state index is 2.45. The van der Waals surface area contributed by atoms with Gasteiger partial charge in [-0.15, -0.1) is 69.7 Å². The van der Waals surface area contributed by atoms with Crippen molar-refractivity contribution in [2.45, 2.75) is 13.1 Å². The molecule has 4 aromatic rings. The molecule has 0 saturated heterocycles. The number of hydrogen-bond acceptors (Lipinski definition) is 0. The molecule has 0 aliphatic heterocycles. The van der Waals surface area contributed by atoms with E-state index in [0.717, 1.165) is 0 Å². The molecule has 0 fully saturated rings. The van der Waals surface area contributed by atoms with E-state index in [-0.39, 0.29) is 37.7 Å². The molecule has 0 aliphatic rings. The van der Waals surface area contributed by atoms with E-state index in [2.05, 4.69) is 85.9 Å². The fourth-order valence-electron chi connectivity index (χ4n) is 3.19. The van der Waals surface area contributed by atoms with Crippen LogP contribution in [0.4, 0.5) is 0 Å². The van der Waals surface area contributed by atoms with Crippen LogP contribution in [-0.4, -0.2) is 8.07 Å². The summed E-state index contributed by atoms with van der Waals surface area (Å²) < 4.78 is 0. The molecule has 4 rings (SSSR count). The summed E-state index contributed by atoms with van der Waals surface area (Å²) in [7, 11) is -1.62. The van der Waals surface area contributed by atoms with Crippen molar-refractivity contribution in [3.63, 3.8) is 0 Å². The SMILES string of the molecule is C[Si](C)(c1cc2ccccc2[cH-]1)c1cc2ccccc2[cH-]1.[Li+].[Li+]. The topological polar surface area (TPSA) is 0 Å². The zero-order chi connectivity index (χ0) is 14.4. The van der Waals surface area contributed by atoms with Crippen LogP contribution in [-0.2, 0) is 0 Å². The van der Waals surface area contributed by atoms with Crippen LogP contribution < -0.4 is 48.1 Å². The fourth-order valence-corrected chi connectivity index (χ4v) is 5.59. The van der Waals surface area contributed by atoms with Crippen LogP contribution in [0.1, 0.15) is 0 Å². The first kappa shape index (κ1) is 18.4. The van der Waals surface area contributed by atoms with Gasteiger partial charge in [0.15, 0.2) is 0 Å². The minimum absolute atomic E-state index is 0. The Hall–Kier alpha value is -0.928. The Labute approximate surface area is 163 Å². The standard InChI is InChI=1S/C20H18Si.2Li/c1-21(2,19-11-15-7-3-4-8-16(15)12-19)20-13-17-9-5-6-10-18(17)14-20;;/h3-14H,1-2H3;;/q-2;2*+1. The van der Waals surface area contributed by atoms with E-state index in [9.17, 15) is 0 Å². The maximum absolute atomic E-state index is 2.45. The van der Waals surface area contributed by atoms with Crippen molar-refractivity contribution in [3.05, 3.63) is 72.8 Å². The van der Waals surface area contributed by atoms with Crippen molar-refractivity contribution in [1.29, 1.82) is 0 Å². The Morgan fingerprint density at radius 3 is 1.43 bits per heavy atom. The van der Waals surface area contributed by atoms with Crippen molar-refractivity contribution in [1.82, 2.24) is 0 Å². The molecule has 0 spiro atoms. The van der Waals surface area contributed by atoms with Gasteiger partial charge in [0, 0.05) is 0 Å². The fraction of sp³-hybridized carbons (Fsp3) is 0.100. The average molecular weight is 300 g/mol. The summed E-state index contributed by atoms with van der Waals surface area (Å²) in [5.41, 5.74) is 0. The predicted molar refractivity (Wildman–Crippen MR) is 95.8 cm³/mol. The molecular formula is C20H18Li2Si. The third-order valence-electron chi connectivity index (χ3n) is 4.68. The molecule has 0 atom stereocenters. The van der Waals surface area contributed by atoms with Crippen molar-refractivity contribution < 1.29 is 37.7 Å². The van der Waals surface area contributed by atoms with Gasteiger partial charge in [0.2, 0.25) is 0 Å². The molecule has 0 heterocycles. The molecule has 0 aliphatic carbocycles. The monoisotopic (exact) mass is 300 g/mol. The molecule has 23 heavy (non-hydrogen) atoms. The quantitative estimate of drug-likeness (QED) is 0.305.